The van der Waals surface area contributed by atoms with E-state index in [0.717, 1.165) is 12.1 Å². The predicted octanol–water partition coefficient (Wildman–Crippen LogP) is 2.90. The standard InChI is InChI=1S/C14H19FN2/c1-11(2)9-17-14(3,10-16)8-12-5-4-6-13(15)7-12/h4-7,11,17H,8-9H2,1-3H3. The van der Waals surface area contributed by atoms with Gasteiger partial charge in [-0.15, -0.1) is 0 Å². The number of benzene rings is 1. The molecule has 17 heavy (non-hydrogen) atoms. The average molecular weight is 234 g/mol. The highest BCUT2D eigenvalue weighted by atomic mass is 19.1. The van der Waals surface area contributed by atoms with Gasteiger partial charge >= 0.3 is 0 Å². The van der Waals surface area contributed by atoms with Crippen molar-refractivity contribution < 1.29 is 4.39 Å². The Bertz CT molecular complexity index is 409. The van der Waals surface area contributed by atoms with Crippen molar-refractivity contribution in [2.75, 3.05) is 6.54 Å². The molecule has 0 amide bonds. The van der Waals surface area contributed by atoms with E-state index in [1.807, 2.05) is 13.0 Å². The molecule has 0 spiro atoms. The molecule has 1 unspecified atom stereocenters. The van der Waals surface area contributed by atoms with Crippen LogP contribution in [0.1, 0.15) is 26.3 Å². The van der Waals surface area contributed by atoms with Gasteiger partial charge in [0.15, 0.2) is 0 Å². The van der Waals surface area contributed by atoms with Crippen LogP contribution in [0, 0.1) is 23.1 Å². The fourth-order valence-electron chi connectivity index (χ4n) is 1.63. The van der Waals surface area contributed by atoms with Crippen LogP contribution in [0.5, 0.6) is 0 Å². The first-order chi connectivity index (χ1) is 7.95. The van der Waals surface area contributed by atoms with Crippen LogP contribution in [-0.2, 0) is 6.42 Å². The van der Waals surface area contributed by atoms with Crippen molar-refractivity contribution >= 4 is 0 Å². The summed E-state index contributed by atoms with van der Waals surface area (Å²) in [6.45, 7) is 6.81. The molecule has 0 aliphatic heterocycles. The third-order valence-electron chi connectivity index (χ3n) is 2.59. The van der Waals surface area contributed by atoms with Gasteiger partial charge in [0.25, 0.3) is 0 Å². The molecular weight excluding hydrogens is 215 g/mol. The molecule has 0 aliphatic rings. The van der Waals surface area contributed by atoms with Crippen LogP contribution >= 0.6 is 0 Å². The molecule has 92 valence electrons. The summed E-state index contributed by atoms with van der Waals surface area (Å²) in [5.74, 6) is 0.224. The second kappa shape index (κ2) is 5.79. The van der Waals surface area contributed by atoms with E-state index in [9.17, 15) is 9.65 Å². The van der Waals surface area contributed by atoms with Crippen molar-refractivity contribution in [3.8, 4) is 6.07 Å². The highest BCUT2D eigenvalue weighted by molar-refractivity contribution is 5.22. The van der Waals surface area contributed by atoms with E-state index in [-0.39, 0.29) is 5.82 Å². The van der Waals surface area contributed by atoms with Crippen LogP contribution < -0.4 is 5.32 Å². The summed E-state index contributed by atoms with van der Waals surface area (Å²) in [7, 11) is 0. The lowest BCUT2D eigenvalue weighted by Crippen LogP contribution is -2.44. The van der Waals surface area contributed by atoms with E-state index in [1.165, 1.54) is 12.1 Å². The fraction of sp³-hybridized carbons (Fsp3) is 0.500. The maximum atomic E-state index is 13.1. The van der Waals surface area contributed by atoms with Crippen LogP contribution in [-0.4, -0.2) is 12.1 Å². The van der Waals surface area contributed by atoms with Gasteiger partial charge in [-0.3, -0.25) is 5.32 Å². The second-order valence-electron chi connectivity index (χ2n) is 5.03. The van der Waals surface area contributed by atoms with E-state index in [4.69, 9.17) is 0 Å². The van der Waals surface area contributed by atoms with Gasteiger partial charge in [-0.05, 0) is 37.1 Å². The van der Waals surface area contributed by atoms with Crippen LogP contribution in [0.25, 0.3) is 0 Å². The molecule has 0 heterocycles. The van der Waals surface area contributed by atoms with E-state index >= 15 is 0 Å². The van der Waals surface area contributed by atoms with Crippen LogP contribution in [0.15, 0.2) is 24.3 Å². The molecular formula is C14H19FN2. The molecule has 0 aromatic heterocycles. The molecule has 0 aliphatic carbocycles. The van der Waals surface area contributed by atoms with Crippen LogP contribution in [0.3, 0.4) is 0 Å². The Morgan fingerprint density at radius 3 is 2.71 bits per heavy atom. The largest absolute Gasteiger partial charge is 0.299 e. The van der Waals surface area contributed by atoms with E-state index in [1.54, 1.807) is 6.07 Å². The lowest BCUT2D eigenvalue weighted by molar-refractivity contribution is 0.408. The number of rotatable bonds is 5. The predicted molar refractivity (Wildman–Crippen MR) is 67.0 cm³/mol. The lowest BCUT2D eigenvalue weighted by Gasteiger charge is -2.24. The van der Waals surface area contributed by atoms with Crippen molar-refractivity contribution in [2.45, 2.75) is 32.7 Å². The molecule has 1 rings (SSSR count). The van der Waals surface area contributed by atoms with Crippen molar-refractivity contribution in [2.24, 2.45) is 5.92 Å². The topological polar surface area (TPSA) is 35.8 Å². The number of hydrogen-bond acceptors (Lipinski definition) is 2. The molecule has 0 radical (unpaired) electrons. The Balaban J connectivity index is 2.72. The van der Waals surface area contributed by atoms with Crippen molar-refractivity contribution in [1.82, 2.24) is 5.32 Å². The molecule has 0 bridgehead atoms. The fourth-order valence-corrected chi connectivity index (χ4v) is 1.63. The number of nitriles is 1. The molecule has 2 nitrogen and oxygen atoms in total. The smallest absolute Gasteiger partial charge is 0.123 e. The summed E-state index contributed by atoms with van der Waals surface area (Å²) in [6.07, 6.45) is 0.508. The normalized spacial score (nSPS) is 14.4. The summed E-state index contributed by atoms with van der Waals surface area (Å²) in [5.41, 5.74) is 0.197. The van der Waals surface area contributed by atoms with Gasteiger partial charge in [-0.1, -0.05) is 26.0 Å². The van der Waals surface area contributed by atoms with Crippen molar-refractivity contribution in [1.29, 1.82) is 5.26 Å². The zero-order valence-electron chi connectivity index (χ0n) is 10.6. The van der Waals surface area contributed by atoms with E-state index < -0.39 is 5.54 Å². The first kappa shape index (κ1) is 13.7. The van der Waals surface area contributed by atoms with Gasteiger partial charge in [0.05, 0.1) is 6.07 Å². The van der Waals surface area contributed by atoms with Gasteiger partial charge in [0.1, 0.15) is 11.4 Å². The summed E-state index contributed by atoms with van der Waals surface area (Å²) >= 11 is 0. The highest BCUT2D eigenvalue weighted by Crippen LogP contribution is 2.14. The first-order valence-electron chi connectivity index (χ1n) is 5.86. The van der Waals surface area contributed by atoms with Crippen molar-refractivity contribution in [3.05, 3.63) is 35.6 Å². The molecule has 0 fully saturated rings. The third-order valence-corrected chi connectivity index (χ3v) is 2.59. The first-order valence-corrected chi connectivity index (χ1v) is 5.86. The third kappa shape index (κ3) is 4.54. The average Bonchev–Trinajstić information content (AvgIpc) is 2.26. The molecule has 1 N–H and O–H groups in total. The maximum Gasteiger partial charge on any atom is 0.123 e. The maximum absolute atomic E-state index is 13.1. The van der Waals surface area contributed by atoms with E-state index in [2.05, 4.69) is 25.2 Å². The summed E-state index contributed by atoms with van der Waals surface area (Å²) in [4.78, 5) is 0. The molecule has 0 saturated heterocycles. The molecule has 3 heteroatoms. The van der Waals surface area contributed by atoms with Crippen molar-refractivity contribution in [3.63, 3.8) is 0 Å². The summed E-state index contributed by atoms with van der Waals surface area (Å²) in [6, 6.07) is 8.67. The minimum atomic E-state index is -0.641. The molecule has 1 atom stereocenters. The summed E-state index contributed by atoms with van der Waals surface area (Å²) in [5, 5.41) is 12.5. The number of nitrogens with one attached hydrogen (secondary N) is 1. The number of hydrogen-bond donors (Lipinski definition) is 1. The van der Waals surface area contributed by atoms with E-state index in [0.29, 0.717) is 12.3 Å². The molecule has 1 aromatic carbocycles. The Labute approximate surface area is 102 Å². The Morgan fingerprint density at radius 2 is 2.18 bits per heavy atom. The minimum Gasteiger partial charge on any atom is -0.299 e. The Hall–Kier alpha value is -1.40. The Kier molecular flexibility index (Phi) is 4.65. The number of nitrogens with zero attached hydrogens (tertiary/aromatic N) is 1. The SMILES string of the molecule is CC(C)CNC(C)(C#N)Cc1cccc(F)c1. The van der Waals surface area contributed by atoms with Gasteiger partial charge in [-0.2, -0.15) is 5.26 Å². The van der Waals surface area contributed by atoms with Gasteiger partial charge < -0.3 is 0 Å². The zero-order chi connectivity index (χ0) is 12.9. The van der Waals surface area contributed by atoms with Gasteiger partial charge in [-0.25, -0.2) is 4.39 Å². The Morgan fingerprint density at radius 1 is 1.47 bits per heavy atom. The van der Waals surface area contributed by atoms with Gasteiger partial charge in [0.2, 0.25) is 0 Å². The second-order valence-corrected chi connectivity index (χ2v) is 5.03. The lowest BCUT2D eigenvalue weighted by atomic mass is 9.93. The van der Waals surface area contributed by atoms with Crippen LogP contribution in [0.4, 0.5) is 4.39 Å². The highest BCUT2D eigenvalue weighted by Gasteiger charge is 2.23. The van der Waals surface area contributed by atoms with Crippen LogP contribution in [0.2, 0.25) is 0 Å². The van der Waals surface area contributed by atoms with Gasteiger partial charge in [0, 0.05) is 6.42 Å². The molecule has 1 aromatic rings. The minimum absolute atomic E-state index is 0.258. The molecule has 0 saturated carbocycles. The zero-order valence-corrected chi connectivity index (χ0v) is 10.6. The monoisotopic (exact) mass is 234 g/mol. The number of halogens is 1. The summed E-state index contributed by atoms with van der Waals surface area (Å²) < 4.78 is 13.1. The quantitative estimate of drug-likeness (QED) is 0.850.